The molecule has 0 saturated heterocycles. The van der Waals surface area contributed by atoms with Crippen LogP contribution in [0.2, 0.25) is 0 Å². The summed E-state index contributed by atoms with van der Waals surface area (Å²) in [7, 11) is 0. The molecule has 0 saturated carbocycles. The minimum atomic E-state index is -1.79. The normalized spacial score (nSPS) is 14.9. The Morgan fingerprint density at radius 3 is 1.53 bits per heavy atom. The third-order valence-corrected chi connectivity index (χ3v) is 1.42. The van der Waals surface area contributed by atoms with Crippen molar-refractivity contribution in [3.05, 3.63) is 0 Å². The fourth-order valence-corrected chi connectivity index (χ4v) is 0.618. The van der Waals surface area contributed by atoms with E-state index in [1.165, 1.54) is 0 Å². The van der Waals surface area contributed by atoms with Crippen molar-refractivity contribution in [1.29, 1.82) is 0 Å². The van der Waals surface area contributed by atoms with Crippen LogP contribution in [0.5, 0.6) is 0 Å². The molecule has 0 aliphatic heterocycles. The Hall–Kier alpha value is 3.26. The number of carbonyl (C=O) groups excluding carboxylic acids is 1. The Morgan fingerprint density at radius 2 is 1.29 bits per heavy atom. The van der Waals surface area contributed by atoms with E-state index in [1.54, 1.807) is 0 Å². The largest absolute Gasteiger partial charge is 1.00 e. The smallest absolute Gasteiger partial charge is 1.00 e. The van der Waals surface area contributed by atoms with E-state index in [2.05, 4.69) is 0 Å². The predicted molar refractivity (Wildman–Crippen MR) is 42.7 cm³/mol. The van der Waals surface area contributed by atoms with Gasteiger partial charge in [0.25, 0.3) is 0 Å². The molecule has 0 aromatic carbocycles. The molecule has 0 aliphatic rings. The van der Waals surface area contributed by atoms with Gasteiger partial charge in [-0.15, -0.1) is 0 Å². The quantitative estimate of drug-likeness (QED) is 0.245. The monoisotopic (exact) mass is 252 g/mol. The molecule has 11 heteroatoms. The number of aldehydes is 1. The SMILES string of the molecule is O=C[C@H](O)[C@@H](O)[C@H](O)[C@H](O)CO.[H-].[H-].[H-].[H-].[H-].[Li+].[Li+].[Li+].[Na+].[Na+]. The minimum absolute atomic E-state index is 0. The predicted octanol–water partition coefficient (Wildman–Crippen LogP) is -17.8. The molecular weight excluding hydrogens is 235 g/mol. The molecule has 0 amide bonds. The molecule has 4 atom stereocenters. The molecule has 0 unspecified atom stereocenters. The Balaban J connectivity index is -0.0000000134. The van der Waals surface area contributed by atoms with Crippen LogP contribution in [0.1, 0.15) is 7.13 Å². The van der Waals surface area contributed by atoms with Gasteiger partial charge >= 0.3 is 116 Å². The Labute approximate surface area is 188 Å². The zero-order valence-corrected chi connectivity index (χ0v) is 15.2. The summed E-state index contributed by atoms with van der Waals surface area (Å²) < 4.78 is 0. The minimum Gasteiger partial charge on any atom is -1.00 e. The van der Waals surface area contributed by atoms with Crippen molar-refractivity contribution in [2.24, 2.45) is 0 Å². The number of hydrogen-bond donors (Lipinski definition) is 5. The first-order valence-corrected chi connectivity index (χ1v) is 3.33. The first-order valence-electron chi connectivity index (χ1n) is 3.33. The van der Waals surface area contributed by atoms with E-state index in [-0.39, 0.29) is 129 Å². The van der Waals surface area contributed by atoms with Crippen molar-refractivity contribution in [3.63, 3.8) is 0 Å². The number of rotatable bonds is 5. The number of aliphatic hydroxyl groups is 5. The molecule has 0 aromatic heterocycles. The van der Waals surface area contributed by atoms with Crippen LogP contribution in [0.3, 0.4) is 0 Å². The summed E-state index contributed by atoms with van der Waals surface area (Å²) in [5.74, 6) is 0. The van der Waals surface area contributed by atoms with E-state index in [1.807, 2.05) is 0 Å². The maximum Gasteiger partial charge on any atom is 1.00 e. The third-order valence-electron chi connectivity index (χ3n) is 1.42. The second-order valence-corrected chi connectivity index (χ2v) is 2.36. The molecule has 0 aromatic rings. The molecule has 0 radical (unpaired) electrons. The Bertz CT molecular complexity index is 175. The average Bonchev–Trinajstić information content (AvgIpc) is 2.12. The van der Waals surface area contributed by atoms with E-state index >= 15 is 0 Å². The van der Waals surface area contributed by atoms with Gasteiger partial charge in [0.1, 0.15) is 24.4 Å². The molecule has 0 fully saturated rings. The summed E-state index contributed by atoms with van der Waals surface area (Å²) in [4.78, 5) is 9.90. The molecule has 0 aliphatic carbocycles. The van der Waals surface area contributed by atoms with Crippen molar-refractivity contribution in [3.8, 4) is 0 Å². The van der Waals surface area contributed by atoms with E-state index in [9.17, 15) is 4.79 Å². The van der Waals surface area contributed by atoms with Crippen LogP contribution >= 0.6 is 0 Å². The van der Waals surface area contributed by atoms with Gasteiger partial charge < -0.3 is 37.5 Å². The van der Waals surface area contributed by atoms with Crippen molar-refractivity contribution < 1.29 is 153 Å². The summed E-state index contributed by atoms with van der Waals surface area (Å²) in [6.45, 7) is -0.760. The third kappa shape index (κ3) is 15.5. The topological polar surface area (TPSA) is 118 Å². The second kappa shape index (κ2) is 21.6. The van der Waals surface area contributed by atoms with E-state index in [4.69, 9.17) is 25.5 Å². The van der Waals surface area contributed by atoms with Gasteiger partial charge in [0, 0.05) is 0 Å². The first kappa shape index (κ1) is 37.0. The fourth-order valence-electron chi connectivity index (χ4n) is 0.618. The summed E-state index contributed by atoms with van der Waals surface area (Å²) in [6.07, 6.45) is -6.84. The maximum atomic E-state index is 9.90. The number of hydrogen-bond acceptors (Lipinski definition) is 6. The van der Waals surface area contributed by atoms with Crippen LogP contribution < -0.4 is 116 Å². The second-order valence-electron chi connectivity index (χ2n) is 2.36. The van der Waals surface area contributed by atoms with Crippen LogP contribution in [0, 0.1) is 0 Å². The zero-order valence-electron chi connectivity index (χ0n) is 16.2. The van der Waals surface area contributed by atoms with Gasteiger partial charge in [0.15, 0.2) is 6.29 Å². The van der Waals surface area contributed by atoms with E-state index in [0.717, 1.165) is 0 Å². The summed E-state index contributed by atoms with van der Waals surface area (Å²) >= 11 is 0. The molecular formula is C6H17Li3Na2O6. The standard InChI is InChI=1S/C6H12O6.3Li.2Na.5H/c7-1-3(9)5(11)6(12)4(10)2-8;;;;;;;;;;/h1,3-6,8-12H,2H2;;;;;;;;;;/q;5*+1;5*-1/t3-,4+,5+,6+;;;;;;;;;;/m0........../s1. The van der Waals surface area contributed by atoms with Crippen LogP contribution in [-0.2, 0) is 4.79 Å². The summed E-state index contributed by atoms with van der Waals surface area (Å²) in [6, 6.07) is 0. The van der Waals surface area contributed by atoms with Crippen molar-refractivity contribution >= 4 is 6.29 Å². The molecule has 0 rings (SSSR count). The number of aliphatic hydroxyl groups excluding tert-OH is 5. The first-order chi connectivity index (χ1) is 5.54. The summed E-state index contributed by atoms with van der Waals surface area (Å²) in [5.41, 5.74) is 0. The Kier molecular flexibility index (Phi) is 46.9. The van der Waals surface area contributed by atoms with Gasteiger partial charge in [-0.1, -0.05) is 0 Å². The summed E-state index contributed by atoms with van der Waals surface area (Å²) in [5, 5.41) is 43.5. The van der Waals surface area contributed by atoms with Gasteiger partial charge in [-0.25, -0.2) is 0 Å². The van der Waals surface area contributed by atoms with Crippen LogP contribution in [-0.4, -0.2) is 62.8 Å². The molecule has 0 bridgehead atoms. The van der Waals surface area contributed by atoms with Gasteiger partial charge in [-0.05, 0) is 0 Å². The fraction of sp³-hybridized carbons (Fsp3) is 0.833. The average molecular weight is 252 g/mol. The van der Waals surface area contributed by atoms with Crippen LogP contribution in [0.4, 0.5) is 0 Å². The molecule has 17 heavy (non-hydrogen) atoms. The molecule has 5 N–H and O–H groups in total. The van der Waals surface area contributed by atoms with Gasteiger partial charge in [0.05, 0.1) is 6.61 Å². The van der Waals surface area contributed by atoms with Gasteiger partial charge in [-0.3, -0.25) is 0 Å². The van der Waals surface area contributed by atoms with Crippen molar-refractivity contribution in [2.75, 3.05) is 6.61 Å². The molecule has 0 spiro atoms. The van der Waals surface area contributed by atoms with Crippen LogP contribution in [0.25, 0.3) is 0 Å². The zero-order chi connectivity index (χ0) is 9.72. The molecule has 0 heterocycles. The Morgan fingerprint density at radius 1 is 0.941 bits per heavy atom. The maximum absolute atomic E-state index is 9.90. The number of carbonyl (C=O) groups is 1. The van der Waals surface area contributed by atoms with Gasteiger partial charge in [-0.2, -0.15) is 0 Å². The van der Waals surface area contributed by atoms with Crippen LogP contribution in [0.15, 0.2) is 0 Å². The van der Waals surface area contributed by atoms with Gasteiger partial charge in [0.2, 0.25) is 0 Å². The van der Waals surface area contributed by atoms with E-state index in [0.29, 0.717) is 0 Å². The van der Waals surface area contributed by atoms with Crippen molar-refractivity contribution in [1.82, 2.24) is 0 Å². The van der Waals surface area contributed by atoms with Crippen molar-refractivity contribution in [2.45, 2.75) is 24.4 Å². The molecule has 82 valence electrons. The molecule has 6 nitrogen and oxygen atoms in total. The van der Waals surface area contributed by atoms with E-state index < -0.39 is 31.0 Å².